The molecule has 0 saturated heterocycles. The van der Waals surface area contributed by atoms with E-state index in [0.717, 1.165) is 29.7 Å². The monoisotopic (exact) mass is 374 g/mol. The number of anilines is 1. The quantitative estimate of drug-likeness (QED) is 0.792. The summed E-state index contributed by atoms with van der Waals surface area (Å²) in [5, 5.41) is 9.32. The van der Waals surface area contributed by atoms with Gasteiger partial charge in [-0.1, -0.05) is 0 Å². The molecule has 2 aromatic rings. The molecule has 2 aromatic heterocycles. The van der Waals surface area contributed by atoms with Gasteiger partial charge in [0.1, 0.15) is 17.8 Å². The van der Waals surface area contributed by atoms with Gasteiger partial charge in [0.15, 0.2) is 0 Å². The number of aromatic nitrogens is 3. The third kappa shape index (κ3) is 3.04. The Labute approximate surface area is 152 Å². The van der Waals surface area contributed by atoms with E-state index in [-0.39, 0.29) is 23.3 Å². The first-order valence-corrected chi connectivity index (χ1v) is 10.4. The minimum atomic E-state index is -3.28. The van der Waals surface area contributed by atoms with Gasteiger partial charge >= 0.3 is 0 Å². The zero-order valence-electron chi connectivity index (χ0n) is 14.6. The number of fused-ring (bicyclic) bond motifs is 1. The Morgan fingerprint density at radius 3 is 2.85 bits per heavy atom. The van der Waals surface area contributed by atoms with Crippen LogP contribution in [0.3, 0.4) is 0 Å². The van der Waals surface area contributed by atoms with Gasteiger partial charge in [-0.15, -0.1) is 0 Å². The van der Waals surface area contributed by atoms with E-state index < -0.39 is 10.0 Å². The minimum absolute atomic E-state index is 0.0222. The van der Waals surface area contributed by atoms with Crippen molar-refractivity contribution in [2.24, 2.45) is 5.92 Å². The lowest BCUT2D eigenvalue weighted by molar-refractivity contribution is 0.296. The predicted octanol–water partition coefficient (Wildman–Crippen LogP) is 1.54. The van der Waals surface area contributed by atoms with Crippen molar-refractivity contribution in [2.75, 3.05) is 11.9 Å². The van der Waals surface area contributed by atoms with Crippen LogP contribution < -0.4 is 9.62 Å². The predicted molar refractivity (Wildman–Crippen MR) is 97.9 cm³/mol. The number of rotatable bonds is 6. The summed E-state index contributed by atoms with van der Waals surface area (Å²) in [6.45, 7) is 0. The van der Waals surface area contributed by atoms with Crippen LogP contribution in [-0.4, -0.2) is 47.8 Å². The molecule has 138 valence electrons. The molecule has 0 atom stereocenters. The Morgan fingerprint density at radius 1 is 1.35 bits per heavy atom. The van der Waals surface area contributed by atoms with E-state index >= 15 is 0 Å². The maximum Gasteiger partial charge on any atom is 0.214 e. The lowest BCUT2D eigenvalue weighted by atomic mass is 9.83. The minimum Gasteiger partial charge on any atom is -0.356 e. The molecule has 0 aromatic carbocycles. The number of sulfonamides is 1. The van der Waals surface area contributed by atoms with Crippen molar-refractivity contribution in [1.29, 1.82) is 5.26 Å². The van der Waals surface area contributed by atoms with E-state index in [2.05, 4.69) is 30.6 Å². The molecule has 2 heterocycles. The second kappa shape index (κ2) is 6.52. The van der Waals surface area contributed by atoms with E-state index in [9.17, 15) is 8.42 Å². The summed E-state index contributed by atoms with van der Waals surface area (Å²) < 4.78 is 27.7. The van der Waals surface area contributed by atoms with Crippen LogP contribution in [0.4, 0.5) is 5.82 Å². The number of nitriles is 1. The largest absolute Gasteiger partial charge is 0.356 e. The first-order chi connectivity index (χ1) is 12.5. The summed E-state index contributed by atoms with van der Waals surface area (Å²) in [6, 6.07) is 4.30. The number of nitrogens with one attached hydrogen (secondary N) is 2. The lowest BCUT2D eigenvalue weighted by Gasteiger charge is -2.43. The average Bonchev–Trinajstić information content (AvgIpc) is 3.01. The molecule has 2 aliphatic carbocycles. The number of hydrogen-bond donors (Lipinski definition) is 2. The highest BCUT2D eigenvalue weighted by Gasteiger charge is 2.42. The van der Waals surface area contributed by atoms with E-state index in [1.54, 1.807) is 0 Å². The third-order valence-electron chi connectivity index (χ3n) is 5.67. The van der Waals surface area contributed by atoms with Gasteiger partial charge < -0.3 is 9.88 Å². The zero-order chi connectivity index (χ0) is 18.3. The summed E-state index contributed by atoms with van der Waals surface area (Å²) in [5.74, 6) is 1.10. The van der Waals surface area contributed by atoms with Gasteiger partial charge in [-0.25, -0.2) is 23.1 Å². The van der Waals surface area contributed by atoms with Crippen LogP contribution in [-0.2, 0) is 10.0 Å². The molecule has 0 spiro atoms. The van der Waals surface area contributed by atoms with E-state index in [4.69, 9.17) is 5.26 Å². The molecule has 26 heavy (non-hydrogen) atoms. The Morgan fingerprint density at radius 2 is 2.12 bits per heavy atom. The molecule has 2 fully saturated rings. The molecule has 0 unspecified atom stereocenters. The molecule has 4 rings (SSSR count). The summed E-state index contributed by atoms with van der Waals surface area (Å²) in [4.78, 5) is 13.8. The van der Waals surface area contributed by atoms with Crippen molar-refractivity contribution in [2.45, 2.75) is 49.4 Å². The van der Waals surface area contributed by atoms with Crippen molar-refractivity contribution in [3.8, 4) is 6.07 Å². The van der Waals surface area contributed by atoms with E-state index in [1.165, 1.54) is 6.33 Å². The molecule has 0 amide bonds. The fraction of sp³-hybridized carbons (Fsp3) is 0.588. The highest BCUT2D eigenvalue weighted by atomic mass is 32.2. The number of nitrogens with zero attached hydrogens (tertiary/aromatic N) is 4. The normalized spacial score (nSPS) is 28.2. The molecule has 0 bridgehead atoms. The molecular formula is C17H22N6O2S. The van der Waals surface area contributed by atoms with Crippen molar-refractivity contribution < 1.29 is 8.42 Å². The highest BCUT2D eigenvalue weighted by molar-refractivity contribution is 7.90. The number of hydrogen-bond acceptors (Lipinski definition) is 6. The maximum absolute atomic E-state index is 12.4. The second-order valence-corrected chi connectivity index (χ2v) is 9.35. The van der Waals surface area contributed by atoms with E-state index in [1.807, 2.05) is 19.3 Å². The van der Waals surface area contributed by atoms with Gasteiger partial charge in [0.05, 0.1) is 16.7 Å². The van der Waals surface area contributed by atoms with Crippen LogP contribution in [0, 0.1) is 17.2 Å². The fourth-order valence-electron chi connectivity index (χ4n) is 3.87. The zero-order valence-corrected chi connectivity index (χ0v) is 15.4. The first kappa shape index (κ1) is 17.2. The van der Waals surface area contributed by atoms with Gasteiger partial charge in [0.2, 0.25) is 10.0 Å². The third-order valence-corrected chi connectivity index (χ3v) is 7.59. The molecule has 8 nitrogen and oxygen atoms in total. The Hall–Kier alpha value is -2.18. The summed E-state index contributed by atoms with van der Waals surface area (Å²) in [7, 11) is -1.29. The Kier molecular flexibility index (Phi) is 4.32. The maximum atomic E-state index is 12.4. The topological polar surface area (TPSA) is 115 Å². The SMILES string of the molecule is CN(c1ncnc2[nH]ccc12)[C@H]1C[C@@H](NS(=O)(=O)C2CC(CC#N)C2)C1. The Bertz CT molecular complexity index is 938. The standard InChI is InChI=1S/C17H22N6O2S/c1-23(17-15-3-5-19-16(15)20-10-21-17)13-8-12(9-13)22-26(24,25)14-6-11(7-14)2-4-18/h3,5,10-14,22H,2,6-9H2,1H3,(H,19,20,21)/t11?,12-,13+,14?. The summed E-state index contributed by atoms with van der Waals surface area (Å²) >= 11 is 0. The van der Waals surface area contributed by atoms with Gasteiger partial charge in [0.25, 0.3) is 0 Å². The first-order valence-electron chi connectivity index (χ1n) is 8.87. The summed E-state index contributed by atoms with van der Waals surface area (Å²) in [5.41, 5.74) is 0.801. The molecule has 2 aliphatic rings. The summed E-state index contributed by atoms with van der Waals surface area (Å²) in [6.07, 6.45) is 6.57. The van der Waals surface area contributed by atoms with Crippen molar-refractivity contribution >= 4 is 26.9 Å². The number of aromatic amines is 1. The molecule has 0 radical (unpaired) electrons. The van der Waals surface area contributed by atoms with Crippen molar-refractivity contribution in [1.82, 2.24) is 19.7 Å². The van der Waals surface area contributed by atoms with Gasteiger partial charge in [0, 0.05) is 31.7 Å². The van der Waals surface area contributed by atoms with Gasteiger partial charge in [-0.2, -0.15) is 5.26 Å². The van der Waals surface area contributed by atoms with Crippen molar-refractivity contribution in [3.63, 3.8) is 0 Å². The molecule has 2 saturated carbocycles. The van der Waals surface area contributed by atoms with Crippen LogP contribution in [0.5, 0.6) is 0 Å². The molecule has 2 N–H and O–H groups in total. The fourth-order valence-corrected chi connectivity index (χ4v) is 5.77. The van der Waals surface area contributed by atoms with Crippen LogP contribution in [0.1, 0.15) is 32.1 Å². The average molecular weight is 374 g/mol. The van der Waals surface area contributed by atoms with Gasteiger partial charge in [-0.05, 0) is 37.7 Å². The molecule has 0 aliphatic heterocycles. The van der Waals surface area contributed by atoms with E-state index in [0.29, 0.717) is 19.3 Å². The van der Waals surface area contributed by atoms with Crippen LogP contribution in [0.15, 0.2) is 18.6 Å². The lowest BCUT2D eigenvalue weighted by Crippen LogP contribution is -2.55. The molecule has 9 heteroatoms. The second-order valence-electron chi connectivity index (χ2n) is 7.35. The van der Waals surface area contributed by atoms with Crippen molar-refractivity contribution in [3.05, 3.63) is 18.6 Å². The number of H-pyrrole nitrogens is 1. The van der Waals surface area contributed by atoms with Gasteiger partial charge in [-0.3, -0.25) is 0 Å². The molecular weight excluding hydrogens is 352 g/mol. The van der Waals surface area contributed by atoms with Crippen LogP contribution in [0.25, 0.3) is 11.0 Å². The van der Waals surface area contributed by atoms with Crippen LogP contribution in [0.2, 0.25) is 0 Å². The highest BCUT2D eigenvalue weighted by Crippen LogP contribution is 2.36. The Balaban J connectivity index is 1.33. The van der Waals surface area contributed by atoms with Crippen LogP contribution >= 0.6 is 0 Å². The smallest absolute Gasteiger partial charge is 0.214 e.